The van der Waals surface area contributed by atoms with Gasteiger partial charge in [0.2, 0.25) is 0 Å². The van der Waals surface area contributed by atoms with Crippen LogP contribution in [0.5, 0.6) is 11.5 Å². The fourth-order valence-electron chi connectivity index (χ4n) is 1.74. The van der Waals surface area contributed by atoms with Crippen LogP contribution in [-0.4, -0.2) is 18.2 Å². The zero-order chi connectivity index (χ0) is 14.5. The third kappa shape index (κ3) is 3.30. The minimum atomic E-state index is -0.953. The lowest BCUT2D eigenvalue weighted by Crippen LogP contribution is -2.01. The number of carboxylic acids is 1. The van der Waals surface area contributed by atoms with Crippen LogP contribution in [0.1, 0.15) is 15.9 Å². The topological polar surface area (TPSA) is 55.8 Å². The third-order valence-electron chi connectivity index (χ3n) is 2.71. The van der Waals surface area contributed by atoms with E-state index in [0.717, 1.165) is 10.0 Å². The molecule has 0 radical (unpaired) electrons. The molecule has 4 nitrogen and oxygen atoms in total. The van der Waals surface area contributed by atoms with Crippen molar-refractivity contribution in [2.75, 3.05) is 7.11 Å². The maximum absolute atomic E-state index is 10.9. The minimum absolute atomic E-state index is 0.241. The molecule has 0 aromatic heterocycles. The molecule has 20 heavy (non-hydrogen) atoms. The summed E-state index contributed by atoms with van der Waals surface area (Å²) in [6.07, 6.45) is 0. The molecular weight excluding hydrogens is 324 g/mol. The number of methoxy groups -OCH3 is 1. The summed E-state index contributed by atoms with van der Waals surface area (Å²) >= 11 is 3.40. The first kappa shape index (κ1) is 14.4. The molecule has 5 heteroatoms. The van der Waals surface area contributed by atoms with Gasteiger partial charge in [0.15, 0.2) is 11.5 Å². The van der Waals surface area contributed by atoms with E-state index >= 15 is 0 Å². The number of benzene rings is 2. The second-order valence-electron chi connectivity index (χ2n) is 4.07. The summed E-state index contributed by atoms with van der Waals surface area (Å²) in [6, 6.07) is 12.1. The number of rotatable bonds is 5. The number of para-hydroxylation sites is 1. The van der Waals surface area contributed by atoms with Gasteiger partial charge in [0.05, 0.1) is 17.1 Å². The summed E-state index contributed by atoms with van der Waals surface area (Å²) in [4.78, 5) is 10.9. The molecule has 2 aromatic rings. The van der Waals surface area contributed by atoms with Crippen LogP contribution in [0.2, 0.25) is 0 Å². The summed E-state index contributed by atoms with van der Waals surface area (Å²) in [7, 11) is 1.57. The maximum Gasteiger partial charge on any atom is 0.335 e. The molecule has 0 unspecified atom stereocenters. The highest BCUT2D eigenvalue weighted by molar-refractivity contribution is 9.10. The normalized spacial score (nSPS) is 10.1. The Morgan fingerprint density at radius 2 is 2.00 bits per heavy atom. The van der Waals surface area contributed by atoms with E-state index in [-0.39, 0.29) is 12.2 Å². The van der Waals surface area contributed by atoms with E-state index in [1.807, 2.05) is 18.2 Å². The van der Waals surface area contributed by atoms with E-state index in [9.17, 15) is 4.79 Å². The van der Waals surface area contributed by atoms with Crippen LogP contribution in [0.25, 0.3) is 0 Å². The van der Waals surface area contributed by atoms with Gasteiger partial charge in [-0.1, -0.05) is 18.2 Å². The van der Waals surface area contributed by atoms with Crippen molar-refractivity contribution in [1.29, 1.82) is 0 Å². The van der Waals surface area contributed by atoms with Gasteiger partial charge in [-0.25, -0.2) is 4.79 Å². The lowest BCUT2D eigenvalue weighted by Gasteiger charge is -2.12. The van der Waals surface area contributed by atoms with E-state index in [1.54, 1.807) is 31.4 Å². The van der Waals surface area contributed by atoms with Crippen molar-refractivity contribution in [1.82, 2.24) is 0 Å². The summed E-state index contributed by atoms with van der Waals surface area (Å²) in [5.41, 5.74) is 1.02. The monoisotopic (exact) mass is 336 g/mol. The summed E-state index contributed by atoms with van der Waals surface area (Å²) in [5.74, 6) is 0.259. The van der Waals surface area contributed by atoms with Crippen molar-refractivity contribution < 1.29 is 19.4 Å². The van der Waals surface area contributed by atoms with Crippen molar-refractivity contribution >= 4 is 21.9 Å². The van der Waals surface area contributed by atoms with Gasteiger partial charge in [0.25, 0.3) is 0 Å². The van der Waals surface area contributed by atoms with Gasteiger partial charge in [0, 0.05) is 0 Å². The second kappa shape index (κ2) is 6.43. The highest BCUT2D eigenvalue weighted by Crippen LogP contribution is 2.35. The Bertz CT molecular complexity index is 625. The Kier molecular flexibility index (Phi) is 4.63. The van der Waals surface area contributed by atoms with Gasteiger partial charge in [-0.3, -0.25) is 0 Å². The van der Waals surface area contributed by atoms with Crippen LogP contribution in [0, 0.1) is 0 Å². The first-order valence-electron chi connectivity index (χ1n) is 5.89. The molecule has 0 bridgehead atoms. The molecule has 0 aliphatic heterocycles. The predicted octanol–water partition coefficient (Wildman–Crippen LogP) is 3.73. The van der Waals surface area contributed by atoms with Crippen molar-refractivity contribution in [3.63, 3.8) is 0 Å². The van der Waals surface area contributed by atoms with E-state index in [1.165, 1.54) is 0 Å². The summed E-state index contributed by atoms with van der Waals surface area (Å²) < 4.78 is 11.7. The molecule has 0 fully saturated rings. The molecule has 2 aromatic carbocycles. The molecule has 2 rings (SSSR count). The Balaban J connectivity index is 2.17. The molecule has 0 aliphatic rings. The smallest absolute Gasteiger partial charge is 0.335 e. The minimum Gasteiger partial charge on any atom is -0.493 e. The van der Waals surface area contributed by atoms with Crippen LogP contribution in [0.3, 0.4) is 0 Å². The maximum atomic E-state index is 10.9. The second-order valence-corrected chi connectivity index (χ2v) is 4.92. The average molecular weight is 337 g/mol. The van der Waals surface area contributed by atoms with Crippen molar-refractivity contribution in [2.24, 2.45) is 0 Å². The zero-order valence-corrected chi connectivity index (χ0v) is 12.4. The molecule has 0 aliphatic carbocycles. The molecule has 0 heterocycles. The highest BCUT2D eigenvalue weighted by atomic mass is 79.9. The quantitative estimate of drug-likeness (QED) is 0.903. The summed E-state index contributed by atoms with van der Waals surface area (Å²) in [6.45, 7) is 0.264. The fraction of sp³-hybridized carbons (Fsp3) is 0.133. The van der Waals surface area contributed by atoms with Crippen LogP contribution >= 0.6 is 15.9 Å². The van der Waals surface area contributed by atoms with E-state index in [2.05, 4.69) is 15.9 Å². The van der Waals surface area contributed by atoms with Gasteiger partial charge in [0.1, 0.15) is 6.61 Å². The van der Waals surface area contributed by atoms with E-state index < -0.39 is 5.97 Å². The Morgan fingerprint density at radius 1 is 1.25 bits per heavy atom. The molecular formula is C15H13BrO4. The number of carboxylic acid groups (broad SMARTS) is 1. The van der Waals surface area contributed by atoms with Gasteiger partial charge in [-0.05, 0) is 45.8 Å². The number of carbonyl (C=O) groups is 1. The first-order valence-corrected chi connectivity index (χ1v) is 6.68. The largest absolute Gasteiger partial charge is 0.493 e. The fourth-order valence-corrected chi connectivity index (χ4v) is 2.20. The number of hydrogen-bond acceptors (Lipinski definition) is 3. The van der Waals surface area contributed by atoms with E-state index in [4.69, 9.17) is 14.6 Å². The van der Waals surface area contributed by atoms with Crippen molar-refractivity contribution in [3.05, 3.63) is 58.1 Å². The van der Waals surface area contributed by atoms with Crippen LogP contribution < -0.4 is 9.47 Å². The lowest BCUT2D eigenvalue weighted by molar-refractivity contribution is 0.0696. The highest BCUT2D eigenvalue weighted by Gasteiger charge is 2.09. The summed E-state index contributed by atoms with van der Waals surface area (Å²) in [5, 5.41) is 8.95. The number of halogens is 1. The number of hydrogen-bond donors (Lipinski definition) is 1. The molecule has 0 atom stereocenters. The standard InChI is InChI=1S/C15H13BrO4/c1-19-13-7-3-6-12(16)14(13)20-9-10-4-2-5-11(8-10)15(17)18/h2-8H,9H2,1H3,(H,17,18). The molecule has 0 amide bonds. The van der Waals surface area contributed by atoms with Crippen molar-refractivity contribution in [3.8, 4) is 11.5 Å². The zero-order valence-electron chi connectivity index (χ0n) is 10.8. The SMILES string of the molecule is COc1cccc(Br)c1OCc1cccc(C(=O)O)c1. The van der Waals surface area contributed by atoms with Gasteiger partial charge in [-0.15, -0.1) is 0 Å². The van der Waals surface area contributed by atoms with Gasteiger partial charge in [-0.2, -0.15) is 0 Å². The van der Waals surface area contributed by atoms with Crippen LogP contribution in [0.15, 0.2) is 46.9 Å². The molecule has 0 spiro atoms. The lowest BCUT2D eigenvalue weighted by atomic mass is 10.1. The molecule has 104 valence electrons. The third-order valence-corrected chi connectivity index (χ3v) is 3.33. The Morgan fingerprint density at radius 3 is 2.70 bits per heavy atom. The first-order chi connectivity index (χ1) is 9.61. The van der Waals surface area contributed by atoms with E-state index in [0.29, 0.717) is 11.5 Å². The van der Waals surface area contributed by atoms with Crippen molar-refractivity contribution in [2.45, 2.75) is 6.61 Å². The molecule has 1 N–H and O–H groups in total. The van der Waals surface area contributed by atoms with Gasteiger partial charge < -0.3 is 14.6 Å². The molecule has 0 saturated heterocycles. The number of ether oxygens (including phenoxy) is 2. The Labute approximate surface area is 125 Å². The Hall–Kier alpha value is -2.01. The molecule has 0 saturated carbocycles. The average Bonchev–Trinajstić information content (AvgIpc) is 2.46. The van der Waals surface area contributed by atoms with Crippen LogP contribution in [-0.2, 0) is 6.61 Å². The number of aromatic carboxylic acids is 1. The van der Waals surface area contributed by atoms with Crippen LogP contribution in [0.4, 0.5) is 0 Å². The predicted molar refractivity (Wildman–Crippen MR) is 78.4 cm³/mol. The van der Waals surface area contributed by atoms with Gasteiger partial charge >= 0.3 is 5.97 Å².